The zero-order valence-corrected chi connectivity index (χ0v) is 18.0. The van der Waals surface area contributed by atoms with Crippen molar-refractivity contribution in [1.82, 2.24) is 10.2 Å². The molecule has 0 radical (unpaired) electrons. The molecule has 2 fully saturated rings. The SMILES string of the molecule is COc1ccccc1CN1C(=O)[C@H]2[C@@H](C1=O)[C@]1(N[C@@H]2CCC(N)=O)C(=O)Nc2ccccc21. The number of carbonyl (C=O) groups is 4. The lowest BCUT2D eigenvalue weighted by Gasteiger charge is -2.29. The summed E-state index contributed by atoms with van der Waals surface area (Å²) in [7, 11) is 1.53. The zero-order chi connectivity index (χ0) is 23.3. The predicted molar refractivity (Wildman–Crippen MR) is 118 cm³/mol. The number of nitrogens with zero attached hydrogens (tertiary/aromatic N) is 1. The summed E-state index contributed by atoms with van der Waals surface area (Å²) < 4.78 is 5.39. The number of para-hydroxylation sites is 2. The quantitative estimate of drug-likeness (QED) is 0.563. The van der Waals surface area contributed by atoms with E-state index >= 15 is 0 Å². The van der Waals surface area contributed by atoms with Gasteiger partial charge in [0.25, 0.3) is 0 Å². The van der Waals surface area contributed by atoms with Crippen LogP contribution in [0.15, 0.2) is 48.5 Å². The Morgan fingerprint density at radius 2 is 1.82 bits per heavy atom. The Labute approximate surface area is 190 Å². The molecule has 2 saturated heterocycles. The molecule has 9 heteroatoms. The summed E-state index contributed by atoms with van der Waals surface area (Å²) in [5.41, 5.74) is 5.90. The van der Waals surface area contributed by atoms with Crippen LogP contribution >= 0.6 is 0 Å². The van der Waals surface area contributed by atoms with Crippen LogP contribution in [0.25, 0.3) is 0 Å². The van der Waals surface area contributed by atoms with Crippen molar-refractivity contribution in [2.75, 3.05) is 12.4 Å². The maximum absolute atomic E-state index is 13.8. The Hall–Kier alpha value is -3.72. The van der Waals surface area contributed by atoms with Gasteiger partial charge in [0.2, 0.25) is 23.6 Å². The van der Waals surface area contributed by atoms with Gasteiger partial charge in [0, 0.05) is 29.3 Å². The van der Waals surface area contributed by atoms with Gasteiger partial charge in [0.15, 0.2) is 0 Å². The van der Waals surface area contributed by atoms with Crippen molar-refractivity contribution in [1.29, 1.82) is 0 Å². The van der Waals surface area contributed by atoms with E-state index in [1.165, 1.54) is 12.0 Å². The number of hydrogen-bond acceptors (Lipinski definition) is 6. The second kappa shape index (κ2) is 7.70. The zero-order valence-electron chi connectivity index (χ0n) is 18.0. The summed E-state index contributed by atoms with van der Waals surface area (Å²) >= 11 is 0. The van der Waals surface area contributed by atoms with E-state index in [0.29, 0.717) is 22.6 Å². The third-order valence-electron chi connectivity index (χ3n) is 6.94. The van der Waals surface area contributed by atoms with Crippen LogP contribution in [-0.4, -0.2) is 41.7 Å². The van der Waals surface area contributed by atoms with Gasteiger partial charge in [-0.2, -0.15) is 0 Å². The highest BCUT2D eigenvalue weighted by Gasteiger charge is 2.70. The van der Waals surface area contributed by atoms with Gasteiger partial charge in [-0.15, -0.1) is 0 Å². The standard InChI is InChI=1S/C24H24N4O5/c1-33-17-9-5-2-6-13(17)12-28-21(30)19-16(10-11-18(25)29)27-24(20(19)22(28)31)14-7-3-4-8-15(14)26-23(24)32/h2-9,16,19-20,27H,10-12H2,1H3,(H2,25,29)(H,26,32)/t16-,19-,20+,24+/m1/s1. The van der Waals surface area contributed by atoms with Gasteiger partial charge in [0.05, 0.1) is 25.5 Å². The molecule has 4 atom stereocenters. The first-order valence-corrected chi connectivity index (χ1v) is 10.8. The summed E-state index contributed by atoms with van der Waals surface area (Å²) in [6.45, 7) is 0.0383. The number of anilines is 1. The van der Waals surface area contributed by atoms with Crippen LogP contribution in [-0.2, 0) is 31.3 Å². The van der Waals surface area contributed by atoms with Crippen molar-refractivity contribution < 1.29 is 23.9 Å². The Balaban J connectivity index is 1.57. The molecule has 1 spiro atoms. The van der Waals surface area contributed by atoms with Crippen LogP contribution in [0.4, 0.5) is 5.69 Å². The lowest BCUT2D eigenvalue weighted by molar-refractivity contribution is -0.143. The maximum atomic E-state index is 13.8. The number of nitrogens with two attached hydrogens (primary N) is 1. The van der Waals surface area contributed by atoms with Crippen molar-refractivity contribution in [3.63, 3.8) is 0 Å². The lowest BCUT2D eigenvalue weighted by Crippen LogP contribution is -2.53. The molecule has 0 bridgehead atoms. The highest BCUT2D eigenvalue weighted by Crippen LogP contribution is 2.53. The number of imide groups is 1. The van der Waals surface area contributed by atoms with Crippen LogP contribution in [0, 0.1) is 11.8 Å². The highest BCUT2D eigenvalue weighted by atomic mass is 16.5. The van der Waals surface area contributed by atoms with Crippen LogP contribution in [0.1, 0.15) is 24.0 Å². The minimum Gasteiger partial charge on any atom is -0.496 e. The van der Waals surface area contributed by atoms with Gasteiger partial charge in [-0.05, 0) is 18.6 Å². The number of nitrogens with one attached hydrogen (secondary N) is 2. The molecule has 5 rings (SSSR count). The number of ether oxygens (including phenoxy) is 1. The summed E-state index contributed by atoms with van der Waals surface area (Å²) in [5.74, 6) is -2.82. The van der Waals surface area contributed by atoms with Crippen molar-refractivity contribution >= 4 is 29.3 Å². The number of likely N-dealkylation sites (tertiary alicyclic amines) is 1. The molecule has 3 aliphatic rings. The minimum absolute atomic E-state index is 0.0359. The number of methoxy groups -OCH3 is 1. The Morgan fingerprint density at radius 1 is 1.09 bits per heavy atom. The molecule has 9 nitrogen and oxygen atoms in total. The van der Waals surface area contributed by atoms with Crippen LogP contribution < -0.4 is 21.1 Å². The Kier molecular flexibility index (Phi) is 4.93. The van der Waals surface area contributed by atoms with Crippen molar-refractivity contribution in [2.24, 2.45) is 17.6 Å². The van der Waals surface area contributed by atoms with Gasteiger partial charge < -0.3 is 15.8 Å². The Morgan fingerprint density at radius 3 is 2.58 bits per heavy atom. The number of carbonyl (C=O) groups excluding carboxylic acids is 4. The molecule has 170 valence electrons. The fourth-order valence-electron chi connectivity index (χ4n) is 5.52. The first-order valence-electron chi connectivity index (χ1n) is 10.8. The molecule has 33 heavy (non-hydrogen) atoms. The molecule has 0 aliphatic carbocycles. The first-order chi connectivity index (χ1) is 15.9. The molecule has 0 unspecified atom stereocenters. The minimum atomic E-state index is -1.38. The van der Waals surface area contributed by atoms with Gasteiger partial charge >= 0.3 is 0 Å². The van der Waals surface area contributed by atoms with Gasteiger partial charge in [-0.1, -0.05) is 36.4 Å². The molecule has 2 aromatic rings. The maximum Gasteiger partial charge on any atom is 0.250 e. The third-order valence-corrected chi connectivity index (χ3v) is 6.94. The summed E-state index contributed by atoms with van der Waals surface area (Å²) in [6, 6.07) is 13.8. The average molecular weight is 448 g/mol. The average Bonchev–Trinajstić information content (AvgIpc) is 3.39. The number of fused-ring (bicyclic) bond motifs is 4. The van der Waals surface area contributed by atoms with E-state index in [2.05, 4.69) is 10.6 Å². The van der Waals surface area contributed by atoms with E-state index in [9.17, 15) is 19.2 Å². The van der Waals surface area contributed by atoms with Crippen LogP contribution in [0.2, 0.25) is 0 Å². The van der Waals surface area contributed by atoms with Crippen LogP contribution in [0.5, 0.6) is 5.75 Å². The normalized spacial score (nSPS) is 27.6. The fourth-order valence-corrected chi connectivity index (χ4v) is 5.52. The fraction of sp³-hybridized carbons (Fsp3) is 0.333. The summed E-state index contributed by atoms with van der Waals surface area (Å²) in [4.78, 5) is 53.4. The van der Waals surface area contributed by atoms with Crippen molar-refractivity contribution in [3.8, 4) is 5.75 Å². The molecule has 2 aromatic carbocycles. The topological polar surface area (TPSA) is 131 Å². The number of primary amides is 1. The second-order valence-electron chi connectivity index (χ2n) is 8.64. The van der Waals surface area contributed by atoms with Crippen molar-refractivity contribution in [2.45, 2.75) is 31.0 Å². The second-order valence-corrected chi connectivity index (χ2v) is 8.64. The van der Waals surface area contributed by atoms with E-state index in [1.807, 2.05) is 12.1 Å². The number of hydrogen-bond donors (Lipinski definition) is 3. The van der Waals surface area contributed by atoms with Crippen molar-refractivity contribution in [3.05, 3.63) is 59.7 Å². The largest absolute Gasteiger partial charge is 0.496 e. The molecule has 0 aromatic heterocycles. The Bertz CT molecular complexity index is 1180. The van der Waals surface area contributed by atoms with Gasteiger partial charge in [-0.25, -0.2) is 0 Å². The van der Waals surface area contributed by atoms with E-state index in [-0.39, 0.29) is 31.2 Å². The summed E-state index contributed by atoms with van der Waals surface area (Å²) in [6.07, 6.45) is 0.281. The molecule has 4 amide bonds. The first kappa shape index (κ1) is 21.1. The van der Waals surface area contributed by atoms with E-state index in [4.69, 9.17) is 10.5 Å². The van der Waals surface area contributed by atoms with E-state index in [1.54, 1.807) is 36.4 Å². The lowest BCUT2D eigenvalue weighted by atomic mass is 9.76. The van der Waals surface area contributed by atoms with E-state index < -0.39 is 35.2 Å². The van der Waals surface area contributed by atoms with Gasteiger partial charge in [0.1, 0.15) is 11.3 Å². The molecular formula is C24H24N4O5. The monoisotopic (exact) mass is 448 g/mol. The third kappa shape index (κ3) is 3.03. The number of rotatable bonds is 6. The van der Waals surface area contributed by atoms with Gasteiger partial charge in [-0.3, -0.25) is 29.4 Å². The highest BCUT2D eigenvalue weighted by molar-refractivity contribution is 6.15. The smallest absolute Gasteiger partial charge is 0.250 e. The number of benzene rings is 2. The number of amides is 4. The molecule has 4 N–H and O–H groups in total. The summed E-state index contributed by atoms with van der Waals surface area (Å²) in [5, 5.41) is 6.14. The molecule has 3 aliphatic heterocycles. The molecule has 0 saturated carbocycles. The molecule has 3 heterocycles. The van der Waals surface area contributed by atoms with Crippen LogP contribution in [0.3, 0.4) is 0 Å². The van der Waals surface area contributed by atoms with E-state index in [0.717, 1.165) is 0 Å². The predicted octanol–water partition coefficient (Wildman–Crippen LogP) is 0.881. The molecular weight excluding hydrogens is 424 g/mol.